The molecule has 0 aliphatic carbocycles. The molecule has 9 N–H and O–H groups in total. The van der Waals surface area contributed by atoms with Gasteiger partial charge in [0.05, 0.1) is 12.4 Å². The van der Waals surface area contributed by atoms with Crippen molar-refractivity contribution >= 4 is 23.7 Å². The molecule has 1 aromatic heterocycles. The predicted octanol–water partition coefficient (Wildman–Crippen LogP) is -0.350. The van der Waals surface area contributed by atoms with E-state index >= 15 is 0 Å². The van der Waals surface area contributed by atoms with Crippen molar-refractivity contribution in [3.05, 3.63) is 18.2 Å². The number of carboxylic acid groups (broad SMARTS) is 1. The van der Waals surface area contributed by atoms with E-state index in [4.69, 9.17) is 11.5 Å². The molecule has 1 rings (SSSR count). The van der Waals surface area contributed by atoms with Gasteiger partial charge in [0.25, 0.3) is 0 Å². The van der Waals surface area contributed by atoms with Gasteiger partial charge in [-0.1, -0.05) is 34.1 Å². The third-order valence-corrected chi connectivity index (χ3v) is 5.49. The lowest BCUT2D eigenvalue weighted by atomic mass is 9.99. The van der Waals surface area contributed by atoms with Crippen LogP contribution >= 0.6 is 0 Å². The predicted molar refractivity (Wildman–Crippen MR) is 131 cm³/mol. The molecule has 1 aromatic rings. The standard InChI is InChI=1S/C23H41N7O5/c1-13(2)9-17(22(33)30-19(14(3)4)23(34)35)29-21(32)18(10-15-11-26-12-27-15)28-20(31)16(25)7-5-6-8-24/h11-14,16-19H,5-10,24-25H2,1-4H3,(H,26,27)(H,28,31)(H,29,32)(H,30,33)(H,34,35). The fourth-order valence-electron chi connectivity index (χ4n) is 3.49. The van der Waals surface area contributed by atoms with E-state index in [1.165, 1.54) is 12.5 Å². The van der Waals surface area contributed by atoms with Gasteiger partial charge in [-0.15, -0.1) is 0 Å². The number of unbranched alkanes of at least 4 members (excludes halogenated alkanes) is 1. The van der Waals surface area contributed by atoms with Crippen LogP contribution in [0.5, 0.6) is 0 Å². The first-order chi connectivity index (χ1) is 16.5. The van der Waals surface area contributed by atoms with Crippen molar-refractivity contribution in [2.24, 2.45) is 23.3 Å². The number of aromatic amines is 1. The molecule has 35 heavy (non-hydrogen) atoms. The maximum atomic E-state index is 13.2. The van der Waals surface area contributed by atoms with E-state index in [1.807, 2.05) is 13.8 Å². The topological polar surface area (TPSA) is 205 Å². The SMILES string of the molecule is CC(C)CC(NC(=O)C(Cc1cnc[nH]1)NC(=O)C(N)CCCCN)C(=O)NC(C(=O)O)C(C)C. The number of nitrogens with two attached hydrogens (primary N) is 2. The van der Waals surface area contributed by atoms with Crippen molar-refractivity contribution in [2.75, 3.05) is 6.54 Å². The van der Waals surface area contributed by atoms with Gasteiger partial charge in [-0.25, -0.2) is 9.78 Å². The molecule has 0 radical (unpaired) electrons. The summed E-state index contributed by atoms with van der Waals surface area (Å²) in [7, 11) is 0. The minimum absolute atomic E-state index is 0.0324. The van der Waals surface area contributed by atoms with Gasteiger partial charge in [0.15, 0.2) is 0 Å². The van der Waals surface area contributed by atoms with Crippen LogP contribution in [0.3, 0.4) is 0 Å². The second-order valence-corrected chi connectivity index (χ2v) is 9.49. The molecule has 0 fully saturated rings. The Kier molecular flexibility index (Phi) is 13.0. The van der Waals surface area contributed by atoms with Gasteiger partial charge in [0.2, 0.25) is 17.7 Å². The number of carbonyl (C=O) groups is 4. The van der Waals surface area contributed by atoms with Crippen molar-refractivity contribution in [3.8, 4) is 0 Å². The molecule has 12 heteroatoms. The average molecular weight is 496 g/mol. The van der Waals surface area contributed by atoms with Crippen LogP contribution in [-0.4, -0.2) is 69.5 Å². The smallest absolute Gasteiger partial charge is 0.326 e. The summed E-state index contributed by atoms with van der Waals surface area (Å²) in [6.07, 6.45) is 5.21. The Morgan fingerprint density at radius 3 is 2.14 bits per heavy atom. The van der Waals surface area contributed by atoms with Gasteiger partial charge in [0.1, 0.15) is 18.1 Å². The minimum atomic E-state index is -1.16. The molecule has 198 valence electrons. The quantitative estimate of drug-likeness (QED) is 0.150. The number of nitrogens with zero attached hydrogens (tertiary/aromatic N) is 1. The van der Waals surface area contributed by atoms with E-state index in [-0.39, 0.29) is 24.7 Å². The second-order valence-electron chi connectivity index (χ2n) is 9.49. The van der Waals surface area contributed by atoms with Crippen molar-refractivity contribution in [1.29, 1.82) is 0 Å². The van der Waals surface area contributed by atoms with Crippen molar-refractivity contribution in [1.82, 2.24) is 25.9 Å². The summed E-state index contributed by atoms with van der Waals surface area (Å²) in [4.78, 5) is 57.2. The van der Waals surface area contributed by atoms with Crippen LogP contribution in [-0.2, 0) is 25.6 Å². The zero-order chi connectivity index (χ0) is 26.5. The first-order valence-electron chi connectivity index (χ1n) is 12.0. The number of amides is 3. The number of aliphatic carboxylic acids is 1. The zero-order valence-electron chi connectivity index (χ0n) is 21.0. The highest BCUT2D eigenvalue weighted by Crippen LogP contribution is 2.09. The molecule has 4 unspecified atom stereocenters. The molecule has 0 saturated carbocycles. The van der Waals surface area contributed by atoms with E-state index in [2.05, 4.69) is 25.9 Å². The number of carbonyl (C=O) groups excluding carboxylic acids is 3. The Balaban J connectivity index is 3.01. The molecule has 0 aromatic carbocycles. The summed E-state index contributed by atoms with van der Waals surface area (Å²) in [6.45, 7) is 7.63. The summed E-state index contributed by atoms with van der Waals surface area (Å²) in [6, 6.07) is -3.91. The number of hydrogen-bond acceptors (Lipinski definition) is 7. The summed E-state index contributed by atoms with van der Waals surface area (Å²) in [5.74, 6) is -3.14. The van der Waals surface area contributed by atoms with E-state index in [9.17, 15) is 24.3 Å². The van der Waals surface area contributed by atoms with Gasteiger partial charge in [0, 0.05) is 18.3 Å². The number of aromatic nitrogens is 2. The van der Waals surface area contributed by atoms with Crippen molar-refractivity contribution < 1.29 is 24.3 Å². The molecule has 12 nitrogen and oxygen atoms in total. The van der Waals surface area contributed by atoms with Crippen molar-refractivity contribution in [2.45, 2.75) is 84.0 Å². The number of hydrogen-bond donors (Lipinski definition) is 7. The van der Waals surface area contributed by atoms with Crippen molar-refractivity contribution in [3.63, 3.8) is 0 Å². The Labute approximate surface area is 206 Å². The lowest BCUT2D eigenvalue weighted by Crippen LogP contribution is -2.58. The molecular formula is C23H41N7O5. The third-order valence-electron chi connectivity index (χ3n) is 5.49. The minimum Gasteiger partial charge on any atom is -0.480 e. The molecule has 0 bridgehead atoms. The van der Waals surface area contributed by atoms with Crippen LogP contribution in [0, 0.1) is 11.8 Å². The first-order valence-corrected chi connectivity index (χ1v) is 12.0. The van der Waals surface area contributed by atoms with Gasteiger partial charge in [-0.05, 0) is 37.6 Å². The number of rotatable bonds is 16. The fourth-order valence-corrected chi connectivity index (χ4v) is 3.49. The summed E-state index contributed by atoms with van der Waals surface area (Å²) < 4.78 is 0. The number of imidazole rings is 1. The van der Waals surface area contributed by atoms with E-state index in [0.29, 0.717) is 25.1 Å². The molecule has 0 aliphatic heterocycles. The van der Waals surface area contributed by atoms with Gasteiger partial charge < -0.3 is 37.5 Å². The Hall–Kier alpha value is -2.99. The molecule has 1 heterocycles. The maximum absolute atomic E-state index is 13.2. The van der Waals surface area contributed by atoms with E-state index in [1.54, 1.807) is 13.8 Å². The summed E-state index contributed by atoms with van der Waals surface area (Å²) in [5.41, 5.74) is 12.1. The largest absolute Gasteiger partial charge is 0.480 e. The van der Waals surface area contributed by atoms with Crippen LogP contribution < -0.4 is 27.4 Å². The number of H-pyrrole nitrogens is 1. The average Bonchev–Trinajstić information content (AvgIpc) is 3.28. The molecule has 4 atom stereocenters. The normalized spacial score (nSPS) is 14.7. The second kappa shape index (κ2) is 15.1. The highest BCUT2D eigenvalue weighted by Gasteiger charge is 2.32. The monoisotopic (exact) mass is 495 g/mol. The number of carboxylic acids is 1. The van der Waals surface area contributed by atoms with Gasteiger partial charge in [-0.2, -0.15) is 0 Å². The van der Waals surface area contributed by atoms with Crippen LogP contribution in [0.15, 0.2) is 12.5 Å². The van der Waals surface area contributed by atoms with E-state index in [0.717, 1.165) is 6.42 Å². The van der Waals surface area contributed by atoms with E-state index < -0.39 is 47.9 Å². The highest BCUT2D eigenvalue weighted by atomic mass is 16.4. The summed E-state index contributed by atoms with van der Waals surface area (Å²) >= 11 is 0. The molecule has 0 aliphatic rings. The first kappa shape index (κ1) is 30.0. The zero-order valence-corrected chi connectivity index (χ0v) is 21.0. The molecule has 0 spiro atoms. The lowest BCUT2D eigenvalue weighted by Gasteiger charge is -2.26. The fraction of sp³-hybridized carbons (Fsp3) is 0.696. The van der Waals surface area contributed by atoms with Crippen LogP contribution in [0.1, 0.15) is 59.1 Å². The molecular weight excluding hydrogens is 454 g/mol. The highest BCUT2D eigenvalue weighted by molar-refractivity contribution is 5.94. The van der Waals surface area contributed by atoms with Crippen LogP contribution in [0.2, 0.25) is 0 Å². The molecule has 0 saturated heterocycles. The molecule has 3 amide bonds. The van der Waals surface area contributed by atoms with Gasteiger partial charge in [-0.3, -0.25) is 14.4 Å². The Morgan fingerprint density at radius 2 is 1.63 bits per heavy atom. The Morgan fingerprint density at radius 1 is 1.00 bits per heavy atom. The Bertz CT molecular complexity index is 813. The number of nitrogens with one attached hydrogen (secondary N) is 4. The summed E-state index contributed by atoms with van der Waals surface area (Å²) in [5, 5.41) is 17.3. The van der Waals surface area contributed by atoms with Crippen LogP contribution in [0.25, 0.3) is 0 Å². The third kappa shape index (κ3) is 10.9. The van der Waals surface area contributed by atoms with Gasteiger partial charge >= 0.3 is 5.97 Å². The lowest BCUT2D eigenvalue weighted by molar-refractivity contribution is -0.143. The van der Waals surface area contributed by atoms with Crippen LogP contribution in [0.4, 0.5) is 0 Å². The maximum Gasteiger partial charge on any atom is 0.326 e.